The summed E-state index contributed by atoms with van der Waals surface area (Å²) in [7, 11) is 1.29. The number of hydrazone groups is 1. The molecule has 30 heavy (non-hydrogen) atoms. The zero-order valence-corrected chi connectivity index (χ0v) is 17.6. The smallest absolute Gasteiger partial charge is 0.339 e. The number of nitrogens with one attached hydrogen (secondary N) is 1. The normalized spacial score (nSPS) is 10.9. The van der Waals surface area contributed by atoms with E-state index in [9.17, 15) is 9.59 Å². The lowest BCUT2D eigenvalue weighted by Crippen LogP contribution is -2.20. The highest BCUT2D eigenvalue weighted by Gasteiger charge is 2.13. The summed E-state index contributed by atoms with van der Waals surface area (Å²) in [5, 5.41) is 4.25. The van der Waals surface area contributed by atoms with Crippen molar-refractivity contribution in [3.05, 3.63) is 81.6 Å². The number of hydrogen-bond acceptors (Lipinski definition) is 5. The topological polar surface area (TPSA) is 80.9 Å². The molecule has 3 aromatic rings. The van der Waals surface area contributed by atoms with E-state index in [0.717, 1.165) is 16.7 Å². The molecule has 0 saturated heterocycles. The molecule has 0 aliphatic rings. The molecule has 0 aliphatic heterocycles. The van der Waals surface area contributed by atoms with Crippen molar-refractivity contribution in [2.45, 2.75) is 20.3 Å². The number of aryl methyl sites for hydroxylation is 2. The van der Waals surface area contributed by atoms with E-state index in [1.165, 1.54) is 13.3 Å². The number of furan rings is 1. The van der Waals surface area contributed by atoms with Crippen LogP contribution in [0.15, 0.2) is 58.0 Å². The van der Waals surface area contributed by atoms with Gasteiger partial charge < -0.3 is 9.15 Å². The van der Waals surface area contributed by atoms with Gasteiger partial charge in [0.1, 0.15) is 11.5 Å². The maximum absolute atomic E-state index is 12.1. The van der Waals surface area contributed by atoms with Crippen LogP contribution in [0.4, 0.5) is 0 Å². The molecular weight excluding hydrogens is 404 g/mol. The van der Waals surface area contributed by atoms with Gasteiger partial charge in [0.2, 0.25) is 5.91 Å². The molecule has 7 heteroatoms. The van der Waals surface area contributed by atoms with Crippen LogP contribution in [-0.2, 0) is 16.0 Å². The Morgan fingerprint density at radius 3 is 2.67 bits per heavy atom. The quantitative estimate of drug-likeness (QED) is 0.353. The first-order valence-electron chi connectivity index (χ1n) is 9.23. The van der Waals surface area contributed by atoms with E-state index in [0.29, 0.717) is 22.1 Å². The number of hydrogen-bond donors (Lipinski definition) is 1. The van der Waals surface area contributed by atoms with E-state index in [4.69, 9.17) is 20.8 Å². The second-order valence-electron chi connectivity index (χ2n) is 6.79. The summed E-state index contributed by atoms with van der Waals surface area (Å²) in [6.45, 7) is 3.99. The summed E-state index contributed by atoms with van der Waals surface area (Å²) in [5.41, 5.74) is 6.60. The van der Waals surface area contributed by atoms with Crippen LogP contribution in [-0.4, -0.2) is 25.2 Å². The largest absolute Gasteiger partial charge is 0.465 e. The lowest BCUT2D eigenvalue weighted by Gasteiger charge is -2.05. The molecule has 3 rings (SSSR count). The van der Waals surface area contributed by atoms with Gasteiger partial charge in [-0.05, 0) is 55.3 Å². The molecule has 1 N–H and O–H groups in total. The molecule has 1 amide bonds. The van der Waals surface area contributed by atoms with Crippen LogP contribution >= 0.6 is 11.6 Å². The average molecular weight is 425 g/mol. The van der Waals surface area contributed by atoms with E-state index in [2.05, 4.69) is 10.5 Å². The minimum absolute atomic E-state index is 0.217. The number of halogens is 1. The molecular formula is C23H21ClN2O4. The molecule has 2 aromatic carbocycles. The Labute approximate surface area is 179 Å². The zero-order valence-electron chi connectivity index (χ0n) is 16.9. The Kier molecular flexibility index (Phi) is 6.69. The highest BCUT2D eigenvalue weighted by molar-refractivity contribution is 6.33. The lowest BCUT2D eigenvalue weighted by atomic mass is 10.0. The first-order valence-corrected chi connectivity index (χ1v) is 9.61. The number of rotatable bonds is 6. The third-order valence-corrected chi connectivity index (χ3v) is 4.84. The summed E-state index contributed by atoms with van der Waals surface area (Å²) in [6.07, 6.45) is 1.66. The molecule has 0 bridgehead atoms. The first-order chi connectivity index (χ1) is 14.4. The predicted molar refractivity (Wildman–Crippen MR) is 116 cm³/mol. The molecule has 6 nitrogen and oxygen atoms in total. The van der Waals surface area contributed by atoms with Crippen molar-refractivity contribution in [1.82, 2.24) is 5.43 Å². The van der Waals surface area contributed by atoms with Gasteiger partial charge in [0.25, 0.3) is 0 Å². The van der Waals surface area contributed by atoms with Gasteiger partial charge >= 0.3 is 5.97 Å². The Hall–Kier alpha value is -3.38. The van der Waals surface area contributed by atoms with Crippen molar-refractivity contribution in [1.29, 1.82) is 0 Å². The number of ether oxygens (including phenoxy) is 1. The number of esters is 1. The molecule has 0 unspecified atom stereocenters. The number of benzene rings is 2. The fourth-order valence-corrected chi connectivity index (χ4v) is 3.14. The Bertz CT molecular complexity index is 1120. The predicted octanol–water partition coefficient (Wildman–Crippen LogP) is 4.70. The maximum atomic E-state index is 12.1. The summed E-state index contributed by atoms with van der Waals surface area (Å²) >= 11 is 6.04. The SMILES string of the molecule is COC(=O)c1cc(-c2ccc(/C=N\NC(=O)Cc3ccc(C)cc3C)o2)ccc1Cl. The van der Waals surface area contributed by atoms with Crippen LogP contribution < -0.4 is 5.43 Å². The molecule has 154 valence electrons. The summed E-state index contributed by atoms with van der Waals surface area (Å²) in [5.74, 6) is 0.235. The van der Waals surface area contributed by atoms with E-state index < -0.39 is 5.97 Å². The molecule has 0 spiro atoms. The zero-order chi connectivity index (χ0) is 21.7. The van der Waals surface area contributed by atoms with Crippen LogP contribution in [0.25, 0.3) is 11.3 Å². The van der Waals surface area contributed by atoms with Crippen LogP contribution in [0.1, 0.15) is 32.8 Å². The van der Waals surface area contributed by atoms with Crippen molar-refractivity contribution < 1.29 is 18.7 Å². The third kappa shape index (κ3) is 5.15. The second-order valence-corrected chi connectivity index (χ2v) is 7.20. The Balaban J connectivity index is 1.65. The fourth-order valence-electron chi connectivity index (χ4n) is 2.95. The van der Waals surface area contributed by atoms with Gasteiger partial charge in [-0.2, -0.15) is 5.10 Å². The Morgan fingerprint density at radius 2 is 1.93 bits per heavy atom. The highest BCUT2D eigenvalue weighted by Crippen LogP contribution is 2.27. The van der Waals surface area contributed by atoms with Crippen molar-refractivity contribution in [3.63, 3.8) is 0 Å². The van der Waals surface area contributed by atoms with Crippen LogP contribution in [0.2, 0.25) is 5.02 Å². The van der Waals surface area contributed by atoms with Crippen LogP contribution in [0, 0.1) is 13.8 Å². The summed E-state index contributed by atoms with van der Waals surface area (Å²) in [6, 6.07) is 14.4. The second kappa shape index (κ2) is 9.41. The number of methoxy groups -OCH3 is 1. The lowest BCUT2D eigenvalue weighted by molar-refractivity contribution is -0.120. The van der Waals surface area contributed by atoms with E-state index in [-0.39, 0.29) is 17.9 Å². The van der Waals surface area contributed by atoms with Gasteiger partial charge in [-0.25, -0.2) is 10.2 Å². The number of carbonyl (C=O) groups excluding carboxylic acids is 2. The summed E-state index contributed by atoms with van der Waals surface area (Å²) in [4.78, 5) is 23.9. The van der Waals surface area contributed by atoms with Gasteiger partial charge in [0.15, 0.2) is 0 Å². The fraction of sp³-hybridized carbons (Fsp3) is 0.174. The highest BCUT2D eigenvalue weighted by atomic mass is 35.5. The standard InChI is InChI=1S/C23H21ClN2O4/c1-14-4-5-16(15(2)10-14)12-22(27)26-25-13-18-7-9-21(30-18)17-6-8-20(24)19(11-17)23(28)29-3/h4-11,13H,12H2,1-3H3,(H,26,27)/b25-13-. The molecule has 0 saturated carbocycles. The Morgan fingerprint density at radius 1 is 1.13 bits per heavy atom. The molecule has 0 aliphatic carbocycles. The molecule has 1 aromatic heterocycles. The maximum Gasteiger partial charge on any atom is 0.339 e. The molecule has 0 fully saturated rings. The monoisotopic (exact) mass is 424 g/mol. The van der Waals surface area contributed by atoms with Gasteiger partial charge in [0.05, 0.1) is 30.3 Å². The van der Waals surface area contributed by atoms with Crippen molar-refractivity contribution in [3.8, 4) is 11.3 Å². The average Bonchev–Trinajstić information content (AvgIpc) is 3.19. The first kappa shape index (κ1) is 21.3. The van der Waals surface area contributed by atoms with Gasteiger partial charge in [0, 0.05) is 5.56 Å². The van der Waals surface area contributed by atoms with E-state index in [1.54, 1.807) is 30.3 Å². The summed E-state index contributed by atoms with van der Waals surface area (Å²) < 4.78 is 10.4. The van der Waals surface area contributed by atoms with Gasteiger partial charge in [-0.15, -0.1) is 0 Å². The molecule has 0 radical (unpaired) electrons. The van der Waals surface area contributed by atoms with Gasteiger partial charge in [-0.1, -0.05) is 35.4 Å². The number of amides is 1. The third-order valence-electron chi connectivity index (χ3n) is 4.51. The van der Waals surface area contributed by atoms with Crippen molar-refractivity contribution in [2.24, 2.45) is 5.10 Å². The number of carbonyl (C=O) groups is 2. The minimum atomic E-state index is -0.526. The van der Waals surface area contributed by atoms with Crippen molar-refractivity contribution in [2.75, 3.05) is 7.11 Å². The van der Waals surface area contributed by atoms with Gasteiger partial charge in [-0.3, -0.25) is 4.79 Å². The van der Waals surface area contributed by atoms with Crippen LogP contribution in [0.5, 0.6) is 0 Å². The van der Waals surface area contributed by atoms with Crippen LogP contribution in [0.3, 0.4) is 0 Å². The minimum Gasteiger partial charge on any atom is -0.465 e. The van der Waals surface area contributed by atoms with E-state index >= 15 is 0 Å². The molecule has 1 heterocycles. The number of nitrogens with zero attached hydrogens (tertiary/aromatic N) is 1. The molecule has 0 atom stereocenters. The van der Waals surface area contributed by atoms with E-state index in [1.807, 2.05) is 32.0 Å². The van der Waals surface area contributed by atoms with Crippen molar-refractivity contribution >= 4 is 29.7 Å².